The first-order valence-corrected chi connectivity index (χ1v) is 7.35. The van der Waals surface area contributed by atoms with E-state index in [2.05, 4.69) is 5.32 Å². The first kappa shape index (κ1) is 16.6. The van der Waals surface area contributed by atoms with E-state index < -0.39 is 18.0 Å². The smallest absolute Gasteiger partial charge is 0.353 e. The zero-order valence-corrected chi connectivity index (χ0v) is 11.9. The SMILES string of the molecule is CCC(CCCl)NC(=O)C1CCCC(C(F)(F)F)C1. The summed E-state index contributed by atoms with van der Waals surface area (Å²) in [6.45, 7) is 1.93. The summed E-state index contributed by atoms with van der Waals surface area (Å²) < 4.78 is 38.0. The molecule has 1 rings (SSSR count). The average molecular weight is 300 g/mol. The zero-order valence-electron chi connectivity index (χ0n) is 11.1. The monoisotopic (exact) mass is 299 g/mol. The third-order valence-electron chi connectivity index (χ3n) is 3.80. The Balaban J connectivity index is 2.52. The number of carbonyl (C=O) groups is 1. The lowest BCUT2D eigenvalue weighted by Crippen LogP contribution is -2.42. The minimum atomic E-state index is -4.18. The molecule has 3 atom stereocenters. The minimum absolute atomic E-state index is 0.0312. The molecule has 0 saturated heterocycles. The van der Waals surface area contributed by atoms with E-state index in [9.17, 15) is 18.0 Å². The summed E-state index contributed by atoms with van der Waals surface area (Å²) in [4.78, 5) is 12.0. The summed E-state index contributed by atoms with van der Waals surface area (Å²) in [6, 6.07) is -0.0312. The molecular weight excluding hydrogens is 279 g/mol. The van der Waals surface area contributed by atoms with Crippen molar-refractivity contribution in [2.45, 2.75) is 57.7 Å². The highest BCUT2D eigenvalue weighted by molar-refractivity contribution is 6.17. The van der Waals surface area contributed by atoms with Gasteiger partial charge >= 0.3 is 6.18 Å². The van der Waals surface area contributed by atoms with Crippen LogP contribution in [-0.2, 0) is 4.79 Å². The molecule has 2 nitrogen and oxygen atoms in total. The normalized spacial score (nSPS) is 25.9. The molecule has 112 valence electrons. The minimum Gasteiger partial charge on any atom is -0.353 e. The molecule has 1 fully saturated rings. The van der Waals surface area contributed by atoms with Crippen LogP contribution in [0.2, 0.25) is 0 Å². The highest BCUT2D eigenvalue weighted by Crippen LogP contribution is 2.39. The van der Waals surface area contributed by atoms with E-state index >= 15 is 0 Å². The fourth-order valence-electron chi connectivity index (χ4n) is 2.55. The van der Waals surface area contributed by atoms with E-state index in [1.54, 1.807) is 0 Å². The summed E-state index contributed by atoms with van der Waals surface area (Å²) in [6.07, 6.45) is -1.70. The Morgan fingerprint density at radius 2 is 2.11 bits per heavy atom. The predicted octanol–water partition coefficient (Wildman–Crippen LogP) is 3.88. The molecule has 19 heavy (non-hydrogen) atoms. The number of carbonyl (C=O) groups excluding carboxylic acids is 1. The van der Waals surface area contributed by atoms with Gasteiger partial charge in [-0.05, 0) is 32.1 Å². The van der Waals surface area contributed by atoms with E-state index in [-0.39, 0.29) is 24.8 Å². The van der Waals surface area contributed by atoms with Crippen LogP contribution in [0.3, 0.4) is 0 Å². The van der Waals surface area contributed by atoms with Gasteiger partial charge in [0, 0.05) is 17.8 Å². The largest absolute Gasteiger partial charge is 0.391 e. The van der Waals surface area contributed by atoms with Gasteiger partial charge in [0.05, 0.1) is 5.92 Å². The molecule has 0 aromatic carbocycles. The molecule has 1 N–H and O–H groups in total. The van der Waals surface area contributed by atoms with Crippen LogP contribution in [0, 0.1) is 11.8 Å². The Bertz CT molecular complexity index is 296. The predicted molar refractivity (Wildman–Crippen MR) is 69.1 cm³/mol. The Hall–Kier alpha value is -0.450. The van der Waals surface area contributed by atoms with Crippen LogP contribution in [0.1, 0.15) is 45.4 Å². The van der Waals surface area contributed by atoms with Crippen LogP contribution in [0.5, 0.6) is 0 Å². The van der Waals surface area contributed by atoms with E-state index in [1.807, 2.05) is 6.92 Å². The van der Waals surface area contributed by atoms with E-state index in [0.717, 1.165) is 6.42 Å². The molecule has 0 aliphatic heterocycles. The first-order chi connectivity index (χ1) is 8.88. The van der Waals surface area contributed by atoms with Crippen LogP contribution < -0.4 is 5.32 Å². The molecule has 0 heterocycles. The second-order valence-corrected chi connectivity index (χ2v) is 5.57. The van der Waals surface area contributed by atoms with Gasteiger partial charge in [-0.15, -0.1) is 11.6 Å². The molecule has 0 radical (unpaired) electrons. The third-order valence-corrected chi connectivity index (χ3v) is 4.02. The molecule has 0 bridgehead atoms. The van der Waals surface area contributed by atoms with Crippen LogP contribution >= 0.6 is 11.6 Å². The Morgan fingerprint density at radius 3 is 2.63 bits per heavy atom. The molecule has 1 aliphatic rings. The summed E-state index contributed by atoms with van der Waals surface area (Å²) in [5.41, 5.74) is 0. The van der Waals surface area contributed by atoms with Crippen molar-refractivity contribution in [2.24, 2.45) is 11.8 Å². The highest BCUT2D eigenvalue weighted by Gasteiger charge is 2.43. The third kappa shape index (κ3) is 5.21. The number of hydrogen-bond donors (Lipinski definition) is 1. The summed E-state index contributed by atoms with van der Waals surface area (Å²) in [5, 5.41) is 2.82. The second-order valence-electron chi connectivity index (χ2n) is 5.19. The van der Waals surface area contributed by atoms with Crippen molar-refractivity contribution in [2.75, 3.05) is 5.88 Å². The number of hydrogen-bond acceptors (Lipinski definition) is 1. The summed E-state index contributed by atoms with van der Waals surface area (Å²) in [5.74, 6) is -1.64. The second kappa shape index (κ2) is 7.36. The van der Waals surface area contributed by atoms with Gasteiger partial charge in [0.25, 0.3) is 0 Å². The van der Waals surface area contributed by atoms with Crippen molar-refractivity contribution >= 4 is 17.5 Å². The Morgan fingerprint density at radius 1 is 1.42 bits per heavy atom. The molecule has 0 spiro atoms. The molecule has 6 heteroatoms. The maximum absolute atomic E-state index is 12.7. The van der Waals surface area contributed by atoms with Crippen LogP contribution in [0.4, 0.5) is 13.2 Å². The maximum atomic E-state index is 12.7. The van der Waals surface area contributed by atoms with Gasteiger partial charge in [-0.3, -0.25) is 4.79 Å². The lowest BCUT2D eigenvalue weighted by atomic mass is 9.80. The fourth-order valence-corrected chi connectivity index (χ4v) is 2.82. The molecule has 1 aliphatic carbocycles. The van der Waals surface area contributed by atoms with Crippen molar-refractivity contribution in [3.05, 3.63) is 0 Å². The Labute approximate surface area is 117 Å². The lowest BCUT2D eigenvalue weighted by molar-refractivity contribution is -0.186. The highest BCUT2D eigenvalue weighted by atomic mass is 35.5. The molecule has 0 aromatic rings. The van der Waals surface area contributed by atoms with Crippen molar-refractivity contribution < 1.29 is 18.0 Å². The standard InChI is InChI=1S/C13H21ClF3NO/c1-2-11(6-7-14)18-12(19)9-4-3-5-10(8-9)13(15,16)17/h9-11H,2-8H2,1H3,(H,18,19). The molecule has 1 amide bonds. The first-order valence-electron chi connectivity index (χ1n) is 6.81. The van der Waals surface area contributed by atoms with Crippen molar-refractivity contribution in [3.8, 4) is 0 Å². The van der Waals surface area contributed by atoms with Gasteiger partial charge in [-0.25, -0.2) is 0 Å². The zero-order chi connectivity index (χ0) is 14.5. The number of halogens is 4. The topological polar surface area (TPSA) is 29.1 Å². The number of amides is 1. The van der Waals surface area contributed by atoms with Crippen LogP contribution in [0.15, 0.2) is 0 Å². The lowest BCUT2D eigenvalue weighted by Gasteiger charge is -2.30. The number of rotatable bonds is 5. The molecule has 3 unspecified atom stereocenters. The molecular formula is C13H21ClF3NO. The quantitative estimate of drug-likeness (QED) is 0.767. The van der Waals surface area contributed by atoms with Crippen LogP contribution in [0.25, 0.3) is 0 Å². The summed E-state index contributed by atoms with van der Waals surface area (Å²) >= 11 is 5.63. The average Bonchev–Trinajstić information content (AvgIpc) is 2.37. The van der Waals surface area contributed by atoms with Gasteiger partial charge < -0.3 is 5.32 Å². The van der Waals surface area contributed by atoms with E-state index in [4.69, 9.17) is 11.6 Å². The van der Waals surface area contributed by atoms with Gasteiger partial charge in [-0.2, -0.15) is 13.2 Å². The van der Waals surface area contributed by atoms with Gasteiger partial charge in [-0.1, -0.05) is 13.3 Å². The van der Waals surface area contributed by atoms with E-state index in [1.165, 1.54) is 0 Å². The number of nitrogens with one attached hydrogen (secondary N) is 1. The molecule has 1 saturated carbocycles. The summed E-state index contributed by atoms with van der Waals surface area (Å²) in [7, 11) is 0. The van der Waals surface area contributed by atoms with Gasteiger partial charge in [0.2, 0.25) is 5.91 Å². The van der Waals surface area contributed by atoms with Crippen molar-refractivity contribution in [3.63, 3.8) is 0 Å². The fraction of sp³-hybridized carbons (Fsp3) is 0.923. The number of alkyl halides is 4. The van der Waals surface area contributed by atoms with Crippen LogP contribution in [-0.4, -0.2) is 24.0 Å². The van der Waals surface area contributed by atoms with Gasteiger partial charge in [0.15, 0.2) is 0 Å². The maximum Gasteiger partial charge on any atom is 0.391 e. The molecule has 0 aromatic heterocycles. The van der Waals surface area contributed by atoms with Crippen molar-refractivity contribution in [1.29, 1.82) is 0 Å². The van der Waals surface area contributed by atoms with Crippen molar-refractivity contribution in [1.82, 2.24) is 5.32 Å². The Kier molecular flexibility index (Phi) is 6.43. The van der Waals surface area contributed by atoms with E-state index in [0.29, 0.717) is 25.1 Å². The van der Waals surface area contributed by atoms with Gasteiger partial charge in [0.1, 0.15) is 0 Å².